The SMILES string of the molecule is CCNC(=NCC(C)N1CCc2ccccc21)N1CCCC2(CNC(=O)C2)C1.I. The van der Waals surface area contributed by atoms with Crippen LogP contribution in [0.1, 0.15) is 38.7 Å². The average molecular weight is 511 g/mol. The monoisotopic (exact) mass is 511 g/mol. The normalized spacial score (nSPS) is 24.9. The highest BCUT2D eigenvalue weighted by atomic mass is 127. The predicted octanol–water partition coefficient (Wildman–Crippen LogP) is 2.62. The van der Waals surface area contributed by atoms with Gasteiger partial charge in [0.1, 0.15) is 0 Å². The van der Waals surface area contributed by atoms with Gasteiger partial charge in [0.15, 0.2) is 5.96 Å². The summed E-state index contributed by atoms with van der Waals surface area (Å²) in [4.78, 5) is 21.7. The van der Waals surface area contributed by atoms with Gasteiger partial charge in [0.2, 0.25) is 5.91 Å². The van der Waals surface area contributed by atoms with Crippen LogP contribution in [0.3, 0.4) is 0 Å². The molecule has 2 unspecified atom stereocenters. The lowest BCUT2D eigenvalue weighted by Crippen LogP contribution is -2.51. The number of para-hydroxylation sites is 1. The molecule has 0 saturated carbocycles. The molecule has 1 aromatic rings. The molecule has 1 aromatic carbocycles. The molecular formula is C22H34IN5O. The van der Waals surface area contributed by atoms with E-state index in [1.54, 1.807) is 0 Å². The quantitative estimate of drug-likeness (QED) is 0.371. The van der Waals surface area contributed by atoms with Crippen LogP contribution < -0.4 is 15.5 Å². The Hall–Kier alpha value is -1.51. The van der Waals surface area contributed by atoms with Crippen LogP contribution >= 0.6 is 24.0 Å². The van der Waals surface area contributed by atoms with Crippen molar-refractivity contribution in [2.75, 3.05) is 44.2 Å². The number of aliphatic imine (C=N–C) groups is 1. The molecule has 160 valence electrons. The molecule has 7 heteroatoms. The Morgan fingerprint density at radius 1 is 1.34 bits per heavy atom. The van der Waals surface area contributed by atoms with E-state index in [2.05, 4.69) is 58.5 Å². The second-order valence-electron chi connectivity index (χ2n) is 8.59. The standard InChI is InChI=1S/C22H33N5O.HI/c1-3-23-21(26-11-6-10-22(16-26)13-20(28)25-15-22)24-14-17(2)27-12-9-18-7-4-5-8-19(18)27;/h4-5,7-8,17H,3,6,9-16H2,1-2H3,(H,23,24)(H,25,28);1H. The number of nitrogens with zero attached hydrogens (tertiary/aromatic N) is 3. The topological polar surface area (TPSA) is 60.0 Å². The summed E-state index contributed by atoms with van der Waals surface area (Å²) in [5.41, 5.74) is 2.90. The Morgan fingerprint density at radius 2 is 2.17 bits per heavy atom. The van der Waals surface area contributed by atoms with Gasteiger partial charge in [-0.1, -0.05) is 18.2 Å². The summed E-state index contributed by atoms with van der Waals surface area (Å²) in [6.45, 7) is 9.84. The molecule has 2 N–H and O–H groups in total. The van der Waals surface area contributed by atoms with Gasteiger partial charge < -0.3 is 20.4 Å². The number of hydrogen-bond donors (Lipinski definition) is 2. The smallest absolute Gasteiger partial charge is 0.220 e. The summed E-state index contributed by atoms with van der Waals surface area (Å²) in [5.74, 6) is 1.20. The van der Waals surface area contributed by atoms with E-state index >= 15 is 0 Å². The third-order valence-corrected chi connectivity index (χ3v) is 6.45. The number of rotatable bonds is 4. The number of halogens is 1. The zero-order valence-electron chi connectivity index (χ0n) is 17.6. The van der Waals surface area contributed by atoms with Crippen LogP contribution in [0.25, 0.3) is 0 Å². The van der Waals surface area contributed by atoms with Crippen molar-refractivity contribution in [1.82, 2.24) is 15.5 Å². The van der Waals surface area contributed by atoms with Crippen molar-refractivity contribution in [3.63, 3.8) is 0 Å². The molecule has 0 aliphatic carbocycles. The number of nitrogens with one attached hydrogen (secondary N) is 2. The minimum atomic E-state index is 0. The minimum Gasteiger partial charge on any atom is -0.366 e. The van der Waals surface area contributed by atoms with Crippen molar-refractivity contribution >= 4 is 41.5 Å². The largest absolute Gasteiger partial charge is 0.366 e. The average Bonchev–Trinajstić information content (AvgIpc) is 3.28. The molecule has 0 bridgehead atoms. The maximum atomic E-state index is 11.8. The molecule has 0 aromatic heterocycles. The Kier molecular flexibility index (Phi) is 7.29. The number of piperidine rings is 1. The van der Waals surface area contributed by atoms with Crippen molar-refractivity contribution in [3.8, 4) is 0 Å². The lowest BCUT2D eigenvalue weighted by atomic mass is 9.79. The number of benzene rings is 1. The molecule has 3 aliphatic heterocycles. The first-order valence-electron chi connectivity index (χ1n) is 10.7. The Morgan fingerprint density at radius 3 is 2.93 bits per heavy atom. The predicted molar refractivity (Wildman–Crippen MR) is 129 cm³/mol. The van der Waals surface area contributed by atoms with Crippen molar-refractivity contribution in [2.45, 2.75) is 45.6 Å². The number of carbonyl (C=O) groups is 1. The van der Waals surface area contributed by atoms with Gasteiger partial charge in [-0.2, -0.15) is 0 Å². The van der Waals surface area contributed by atoms with Crippen LogP contribution in [0.15, 0.2) is 29.3 Å². The Labute approximate surface area is 191 Å². The molecule has 3 heterocycles. The number of amides is 1. The summed E-state index contributed by atoms with van der Waals surface area (Å²) in [6.07, 6.45) is 4.03. The first kappa shape index (κ1) is 22.2. The van der Waals surface area contributed by atoms with E-state index in [1.165, 1.54) is 11.3 Å². The molecule has 1 spiro atoms. The van der Waals surface area contributed by atoms with E-state index in [0.717, 1.165) is 64.5 Å². The molecule has 2 fully saturated rings. The fourth-order valence-electron chi connectivity index (χ4n) is 4.99. The third-order valence-electron chi connectivity index (χ3n) is 6.45. The summed E-state index contributed by atoms with van der Waals surface area (Å²) in [5, 5.41) is 6.52. The van der Waals surface area contributed by atoms with Gasteiger partial charge in [0.05, 0.1) is 6.54 Å². The number of hydrogen-bond acceptors (Lipinski definition) is 3. The molecule has 29 heavy (non-hydrogen) atoms. The summed E-state index contributed by atoms with van der Waals surface area (Å²) >= 11 is 0. The van der Waals surface area contributed by atoms with Crippen LogP contribution in [0, 0.1) is 5.41 Å². The number of carbonyl (C=O) groups excluding carboxylic acids is 1. The molecule has 1 amide bonds. The van der Waals surface area contributed by atoms with Crippen LogP contribution in [0.4, 0.5) is 5.69 Å². The van der Waals surface area contributed by atoms with E-state index in [-0.39, 0.29) is 35.3 Å². The number of anilines is 1. The molecule has 4 rings (SSSR count). The fourth-order valence-corrected chi connectivity index (χ4v) is 4.99. The second-order valence-corrected chi connectivity index (χ2v) is 8.59. The number of likely N-dealkylation sites (tertiary alicyclic amines) is 1. The molecule has 3 aliphatic rings. The summed E-state index contributed by atoms with van der Waals surface area (Å²) in [6, 6.07) is 9.09. The highest BCUT2D eigenvalue weighted by molar-refractivity contribution is 14.0. The number of guanidine groups is 1. The fraction of sp³-hybridized carbons (Fsp3) is 0.636. The van der Waals surface area contributed by atoms with E-state index in [0.29, 0.717) is 12.5 Å². The highest BCUT2D eigenvalue weighted by Crippen LogP contribution is 2.36. The van der Waals surface area contributed by atoms with Gasteiger partial charge in [0, 0.05) is 56.3 Å². The van der Waals surface area contributed by atoms with Crippen molar-refractivity contribution < 1.29 is 4.79 Å². The molecule has 0 radical (unpaired) electrons. The Balaban J connectivity index is 0.00000240. The van der Waals surface area contributed by atoms with Crippen molar-refractivity contribution in [2.24, 2.45) is 10.4 Å². The van der Waals surface area contributed by atoms with Gasteiger partial charge in [-0.15, -0.1) is 24.0 Å². The first-order valence-corrected chi connectivity index (χ1v) is 10.7. The van der Waals surface area contributed by atoms with Crippen LogP contribution in [0.2, 0.25) is 0 Å². The summed E-state index contributed by atoms with van der Waals surface area (Å²) in [7, 11) is 0. The third kappa shape index (κ3) is 4.81. The first-order chi connectivity index (χ1) is 13.6. The van der Waals surface area contributed by atoms with E-state index < -0.39 is 0 Å². The zero-order valence-corrected chi connectivity index (χ0v) is 19.9. The highest BCUT2D eigenvalue weighted by Gasteiger charge is 2.42. The molecule has 6 nitrogen and oxygen atoms in total. The zero-order chi connectivity index (χ0) is 19.6. The van der Waals surface area contributed by atoms with Gasteiger partial charge in [-0.3, -0.25) is 9.79 Å². The maximum Gasteiger partial charge on any atom is 0.220 e. The maximum absolute atomic E-state index is 11.8. The van der Waals surface area contributed by atoms with Crippen molar-refractivity contribution in [1.29, 1.82) is 0 Å². The van der Waals surface area contributed by atoms with Gasteiger partial charge in [-0.05, 0) is 44.7 Å². The van der Waals surface area contributed by atoms with E-state index in [9.17, 15) is 4.79 Å². The van der Waals surface area contributed by atoms with Gasteiger partial charge >= 0.3 is 0 Å². The molecule has 2 saturated heterocycles. The Bertz CT molecular complexity index is 754. The molecule has 2 atom stereocenters. The van der Waals surface area contributed by atoms with Crippen LogP contribution in [-0.4, -0.2) is 62.1 Å². The van der Waals surface area contributed by atoms with Crippen LogP contribution in [-0.2, 0) is 11.2 Å². The lowest BCUT2D eigenvalue weighted by molar-refractivity contribution is -0.119. The minimum absolute atomic E-state index is 0. The van der Waals surface area contributed by atoms with E-state index in [1.807, 2.05) is 0 Å². The van der Waals surface area contributed by atoms with Gasteiger partial charge in [-0.25, -0.2) is 0 Å². The summed E-state index contributed by atoms with van der Waals surface area (Å²) < 4.78 is 0. The second kappa shape index (κ2) is 9.53. The van der Waals surface area contributed by atoms with Crippen molar-refractivity contribution in [3.05, 3.63) is 29.8 Å². The number of fused-ring (bicyclic) bond motifs is 1. The molecular weight excluding hydrogens is 477 g/mol. The van der Waals surface area contributed by atoms with Gasteiger partial charge in [0.25, 0.3) is 0 Å². The van der Waals surface area contributed by atoms with Crippen LogP contribution in [0.5, 0.6) is 0 Å². The lowest BCUT2D eigenvalue weighted by Gasteiger charge is -2.41. The van der Waals surface area contributed by atoms with E-state index in [4.69, 9.17) is 4.99 Å².